The van der Waals surface area contributed by atoms with Crippen molar-refractivity contribution in [2.24, 2.45) is 0 Å². The fraction of sp³-hybridized carbons (Fsp3) is 0.455. The fourth-order valence-electron chi connectivity index (χ4n) is 1.65. The van der Waals surface area contributed by atoms with E-state index in [0.717, 1.165) is 0 Å². The van der Waals surface area contributed by atoms with Crippen molar-refractivity contribution in [2.75, 3.05) is 0 Å². The van der Waals surface area contributed by atoms with E-state index in [-0.39, 0.29) is 11.2 Å². The molecular formula is C11H14O. The minimum Gasteiger partial charge on any atom is -0.358 e. The van der Waals surface area contributed by atoms with Gasteiger partial charge in [-0.1, -0.05) is 30.3 Å². The first kappa shape index (κ1) is 7.81. The zero-order chi connectivity index (χ0) is 8.82. The van der Waals surface area contributed by atoms with Crippen molar-refractivity contribution in [1.82, 2.24) is 0 Å². The van der Waals surface area contributed by atoms with Crippen LogP contribution in [0.25, 0.3) is 0 Å². The number of hydrogen-bond acceptors (Lipinski definition) is 1. The fourth-order valence-corrected chi connectivity index (χ4v) is 1.65. The van der Waals surface area contributed by atoms with E-state index in [4.69, 9.17) is 4.74 Å². The predicted molar refractivity (Wildman–Crippen MR) is 49.0 cm³/mol. The first-order valence-electron chi connectivity index (χ1n) is 4.32. The van der Waals surface area contributed by atoms with E-state index in [0.29, 0.717) is 0 Å². The van der Waals surface area contributed by atoms with Gasteiger partial charge in [0.05, 0.1) is 5.60 Å². The molecule has 0 amide bonds. The minimum atomic E-state index is -0.0612. The van der Waals surface area contributed by atoms with Gasteiger partial charge in [-0.05, 0) is 26.3 Å². The summed E-state index contributed by atoms with van der Waals surface area (Å²) < 4.78 is 5.68. The van der Waals surface area contributed by atoms with Crippen molar-refractivity contribution in [2.45, 2.75) is 32.0 Å². The average molecular weight is 162 g/mol. The molecule has 1 fully saturated rings. The summed E-state index contributed by atoms with van der Waals surface area (Å²) in [6.45, 7) is 6.39. The standard InChI is InChI=1S/C11H14O/c1-10(2)11(3,12-10)9-7-5-4-6-8-9/h4-8H,1-3H3. The van der Waals surface area contributed by atoms with Gasteiger partial charge in [-0.2, -0.15) is 0 Å². The summed E-state index contributed by atoms with van der Waals surface area (Å²) in [7, 11) is 0. The lowest BCUT2D eigenvalue weighted by molar-refractivity contribution is 0.288. The van der Waals surface area contributed by atoms with Crippen LogP contribution in [0.3, 0.4) is 0 Å². The maximum absolute atomic E-state index is 5.68. The third kappa shape index (κ3) is 0.896. The second kappa shape index (κ2) is 2.11. The van der Waals surface area contributed by atoms with E-state index in [1.54, 1.807) is 0 Å². The van der Waals surface area contributed by atoms with E-state index in [1.165, 1.54) is 5.56 Å². The Balaban J connectivity index is 2.35. The SMILES string of the molecule is CC1(C)OC1(C)c1ccccc1. The van der Waals surface area contributed by atoms with Crippen LogP contribution in [-0.2, 0) is 10.3 Å². The van der Waals surface area contributed by atoms with Gasteiger partial charge in [0.2, 0.25) is 0 Å². The summed E-state index contributed by atoms with van der Waals surface area (Å²) >= 11 is 0. The maximum Gasteiger partial charge on any atom is 0.119 e. The maximum atomic E-state index is 5.68. The third-order valence-electron chi connectivity index (χ3n) is 2.89. The van der Waals surface area contributed by atoms with Crippen LogP contribution in [-0.4, -0.2) is 5.60 Å². The third-order valence-corrected chi connectivity index (χ3v) is 2.89. The zero-order valence-electron chi connectivity index (χ0n) is 7.79. The average Bonchev–Trinajstić information content (AvgIpc) is 2.55. The molecule has 2 rings (SSSR count). The van der Waals surface area contributed by atoms with Gasteiger partial charge in [0, 0.05) is 0 Å². The second-order valence-corrected chi connectivity index (χ2v) is 4.01. The van der Waals surface area contributed by atoms with Crippen molar-refractivity contribution in [3.63, 3.8) is 0 Å². The number of rotatable bonds is 1. The number of benzene rings is 1. The molecule has 0 aromatic heterocycles. The molecule has 1 heterocycles. The van der Waals surface area contributed by atoms with Crippen molar-refractivity contribution >= 4 is 0 Å². The molecule has 0 N–H and O–H groups in total. The van der Waals surface area contributed by atoms with Gasteiger partial charge in [0.25, 0.3) is 0 Å². The Morgan fingerprint density at radius 2 is 1.50 bits per heavy atom. The zero-order valence-corrected chi connectivity index (χ0v) is 7.79. The lowest BCUT2D eigenvalue weighted by Gasteiger charge is -2.08. The Kier molecular flexibility index (Phi) is 1.37. The van der Waals surface area contributed by atoms with Crippen LogP contribution in [0, 0.1) is 0 Å². The first-order valence-corrected chi connectivity index (χ1v) is 4.32. The van der Waals surface area contributed by atoms with Crippen LogP contribution in [0.1, 0.15) is 26.3 Å². The highest BCUT2D eigenvalue weighted by molar-refractivity contribution is 5.30. The van der Waals surface area contributed by atoms with Gasteiger partial charge in [0.15, 0.2) is 0 Å². The van der Waals surface area contributed by atoms with E-state index in [2.05, 4.69) is 45.0 Å². The molecule has 0 radical (unpaired) electrons. The first-order chi connectivity index (χ1) is 5.56. The van der Waals surface area contributed by atoms with Crippen LogP contribution >= 0.6 is 0 Å². The van der Waals surface area contributed by atoms with Gasteiger partial charge in [-0.15, -0.1) is 0 Å². The summed E-state index contributed by atoms with van der Waals surface area (Å²) in [6, 6.07) is 10.4. The van der Waals surface area contributed by atoms with Gasteiger partial charge in [-0.25, -0.2) is 0 Å². The van der Waals surface area contributed by atoms with Crippen molar-refractivity contribution in [1.29, 1.82) is 0 Å². The van der Waals surface area contributed by atoms with Crippen molar-refractivity contribution in [3.8, 4) is 0 Å². The largest absolute Gasteiger partial charge is 0.358 e. The van der Waals surface area contributed by atoms with Gasteiger partial charge >= 0.3 is 0 Å². The molecule has 64 valence electrons. The monoisotopic (exact) mass is 162 g/mol. The molecule has 0 spiro atoms. The van der Waals surface area contributed by atoms with E-state index >= 15 is 0 Å². The highest BCUT2D eigenvalue weighted by atomic mass is 16.6. The van der Waals surface area contributed by atoms with E-state index in [9.17, 15) is 0 Å². The summed E-state index contributed by atoms with van der Waals surface area (Å²) in [5.41, 5.74) is 1.22. The predicted octanol–water partition coefficient (Wildman–Crippen LogP) is 2.71. The van der Waals surface area contributed by atoms with Gasteiger partial charge in [0.1, 0.15) is 5.60 Å². The van der Waals surface area contributed by atoms with Crippen LogP contribution in [0.4, 0.5) is 0 Å². The normalized spacial score (nSPS) is 31.6. The smallest absolute Gasteiger partial charge is 0.119 e. The Morgan fingerprint density at radius 3 is 1.92 bits per heavy atom. The number of epoxide rings is 1. The van der Waals surface area contributed by atoms with E-state index in [1.807, 2.05) is 6.07 Å². The Bertz CT molecular complexity index is 289. The Morgan fingerprint density at radius 1 is 1.00 bits per heavy atom. The van der Waals surface area contributed by atoms with Crippen LogP contribution in [0.15, 0.2) is 30.3 Å². The molecule has 1 nitrogen and oxygen atoms in total. The summed E-state index contributed by atoms with van der Waals surface area (Å²) in [5, 5.41) is 0. The van der Waals surface area contributed by atoms with Gasteiger partial charge in [-0.3, -0.25) is 0 Å². The molecule has 12 heavy (non-hydrogen) atoms. The molecule has 1 aliphatic rings. The van der Waals surface area contributed by atoms with Crippen LogP contribution < -0.4 is 0 Å². The minimum absolute atomic E-state index is 0.00829. The molecule has 1 aromatic rings. The molecule has 1 aromatic carbocycles. The molecule has 1 saturated heterocycles. The Labute approximate surface area is 73.4 Å². The molecule has 1 atom stereocenters. The number of ether oxygens (including phenoxy) is 1. The highest BCUT2D eigenvalue weighted by Crippen LogP contribution is 2.54. The van der Waals surface area contributed by atoms with Crippen molar-refractivity contribution in [3.05, 3.63) is 35.9 Å². The molecule has 0 bridgehead atoms. The molecule has 0 aliphatic carbocycles. The topological polar surface area (TPSA) is 12.5 Å². The molecule has 1 heteroatoms. The summed E-state index contributed by atoms with van der Waals surface area (Å²) in [6.07, 6.45) is 0. The second-order valence-electron chi connectivity index (χ2n) is 4.01. The van der Waals surface area contributed by atoms with Gasteiger partial charge < -0.3 is 4.74 Å². The quantitative estimate of drug-likeness (QED) is 0.578. The number of hydrogen-bond donors (Lipinski definition) is 0. The molecule has 0 saturated carbocycles. The van der Waals surface area contributed by atoms with Crippen LogP contribution in [0.2, 0.25) is 0 Å². The Hall–Kier alpha value is -0.820. The van der Waals surface area contributed by atoms with Crippen LogP contribution in [0.5, 0.6) is 0 Å². The molecule has 1 aliphatic heterocycles. The lowest BCUT2D eigenvalue weighted by Crippen LogP contribution is -2.13. The summed E-state index contributed by atoms with van der Waals surface area (Å²) in [4.78, 5) is 0. The highest BCUT2D eigenvalue weighted by Gasteiger charge is 2.60. The molecule has 1 unspecified atom stereocenters. The van der Waals surface area contributed by atoms with Crippen molar-refractivity contribution < 1.29 is 4.74 Å². The van der Waals surface area contributed by atoms with E-state index < -0.39 is 0 Å². The lowest BCUT2D eigenvalue weighted by atomic mass is 9.90. The molecular weight excluding hydrogens is 148 g/mol. The summed E-state index contributed by atoms with van der Waals surface area (Å²) in [5.74, 6) is 0.